The second-order valence-electron chi connectivity index (χ2n) is 6.14. The molecule has 2 heteroatoms. The third-order valence-electron chi connectivity index (χ3n) is 3.79. The van der Waals surface area contributed by atoms with Gasteiger partial charge in [-0.3, -0.25) is 0 Å². The van der Waals surface area contributed by atoms with Crippen LogP contribution >= 0.6 is 0 Å². The molecule has 18 heavy (non-hydrogen) atoms. The fourth-order valence-corrected chi connectivity index (χ4v) is 2.34. The van der Waals surface area contributed by atoms with Crippen molar-refractivity contribution in [2.24, 2.45) is 0 Å². The molecule has 0 aliphatic carbocycles. The lowest BCUT2D eigenvalue weighted by atomic mass is 10.2. The molecule has 0 atom stereocenters. The molecule has 0 rings (SSSR count). The van der Waals surface area contributed by atoms with E-state index in [1.807, 2.05) is 0 Å². The van der Waals surface area contributed by atoms with Crippen molar-refractivity contribution in [2.45, 2.75) is 40.0 Å². The second-order valence-corrected chi connectivity index (χ2v) is 6.14. The predicted octanol–water partition coefficient (Wildman–Crippen LogP) is 3.64. The average Bonchev–Trinajstić information content (AvgIpc) is 2.22. The molecule has 0 aliphatic heterocycles. The molecular weight excluding hydrogens is 220 g/mol. The van der Waals surface area contributed by atoms with Crippen LogP contribution in [0.15, 0.2) is 0 Å². The molecule has 0 aromatic heterocycles. The van der Waals surface area contributed by atoms with Crippen LogP contribution in [0.5, 0.6) is 0 Å². The average molecular weight is 261 g/mol. The van der Waals surface area contributed by atoms with Crippen molar-refractivity contribution in [1.82, 2.24) is 0 Å². The van der Waals surface area contributed by atoms with Crippen LogP contribution in [0.25, 0.3) is 0 Å². The van der Waals surface area contributed by atoms with Crippen molar-refractivity contribution in [1.29, 1.82) is 0 Å². The molecule has 0 aromatic rings. The Hall–Kier alpha value is -0.0800. The summed E-state index contributed by atoms with van der Waals surface area (Å²) in [6.45, 7) is 13.6. The first-order chi connectivity index (χ1) is 7.39. The van der Waals surface area contributed by atoms with Crippen LogP contribution in [0.4, 0.5) is 0 Å². The van der Waals surface area contributed by atoms with Crippen molar-refractivity contribution in [3.63, 3.8) is 0 Å². The summed E-state index contributed by atoms with van der Waals surface area (Å²) >= 11 is 0. The van der Waals surface area contributed by atoms with Crippen LogP contribution in [-0.4, -0.2) is 62.8 Å². The van der Waals surface area contributed by atoms with E-state index >= 15 is 0 Å². The Bertz CT molecular complexity index is 166. The molecule has 0 saturated carbocycles. The van der Waals surface area contributed by atoms with Crippen molar-refractivity contribution in [3.05, 3.63) is 14.9 Å². The Balaban J connectivity index is -0.00000112. The first kappa shape index (κ1) is 23.0. The summed E-state index contributed by atoms with van der Waals surface area (Å²) in [5.74, 6) is 0. The molecule has 0 amide bonds. The van der Waals surface area contributed by atoms with Crippen molar-refractivity contribution < 1.29 is 8.97 Å². The maximum absolute atomic E-state index is 2.35. The topological polar surface area (TPSA) is 0 Å². The van der Waals surface area contributed by atoms with E-state index in [1.165, 1.54) is 56.5 Å². The Morgan fingerprint density at radius 2 is 1.11 bits per heavy atom. The van der Waals surface area contributed by atoms with E-state index in [1.54, 1.807) is 0 Å². The quantitative estimate of drug-likeness (QED) is 0.438. The maximum Gasteiger partial charge on any atom is 0.0840 e. The van der Waals surface area contributed by atoms with E-state index in [0.717, 1.165) is 4.48 Å². The highest BCUT2D eigenvalue weighted by atomic mass is 15.3. The summed E-state index contributed by atoms with van der Waals surface area (Å²) in [6, 6.07) is 0. The summed E-state index contributed by atoms with van der Waals surface area (Å²) in [4.78, 5) is 0. The molecule has 114 valence electrons. The lowest BCUT2D eigenvalue weighted by Crippen LogP contribution is -2.50. The SMILES string of the molecule is CCCC[N+](CC)(CC)CCC[N+](C)(C)C.[CH3-].[CH3-]. The fourth-order valence-electron chi connectivity index (χ4n) is 2.34. The van der Waals surface area contributed by atoms with E-state index < -0.39 is 0 Å². The van der Waals surface area contributed by atoms with E-state index in [2.05, 4.69) is 41.9 Å². The highest BCUT2D eigenvalue weighted by Crippen LogP contribution is 2.11. The van der Waals surface area contributed by atoms with Crippen LogP contribution in [0.1, 0.15) is 40.0 Å². The Labute approximate surface area is 118 Å². The van der Waals surface area contributed by atoms with E-state index in [9.17, 15) is 0 Å². The largest absolute Gasteiger partial charge is 0.358 e. The number of hydrogen-bond acceptors (Lipinski definition) is 0. The summed E-state index contributed by atoms with van der Waals surface area (Å²) in [5.41, 5.74) is 0. The Kier molecular flexibility index (Phi) is 13.8. The fraction of sp³-hybridized carbons (Fsp3) is 0.875. The lowest BCUT2D eigenvalue weighted by molar-refractivity contribution is -0.930. The summed E-state index contributed by atoms with van der Waals surface area (Å²) < 4.78 is 2.43. The molecule has 0 aromatic carbocycles. The molecule has 0 heterocycles. The third kappa shape index (κ3) is 9.90. The van der Waals surface area contributed by atoms with E-state index in [-0.39, 0.29) is 14.9 Å². The summed E-state index contributed by atoms with van der Waals surface area (Å²) in [5, 5.41) is 0. The van der Waals surface area contributed by atoms with Gasteiger partial charge in [0.15, 0.2) is 0 Å². The summed E-state index contributed by atoms with van der Waals surface area (Å²) in [6.07, 6.45) is 4.07. The van der Waals surface area contributed by atoms with E-state index in [0.29, 0.717) is 0 Å². The number of hydrogen-bond donors (Lipinski definition) is 0. The van der Waals surface area contributed by atoms with Gasteiger partial charge < -0.3 is 23.8 Å². The predicted molar refractivity (Wildman–Crippen MR) is 86.3 cm³/mol. The van der Waals surface area contributed by atoms with Crippen LogP contribution in [0.2, 0.25) is 0 Å². The monoisotopic (exact) mass is 260 g/mol. The van der Waals surface area contributed by atoms with Gasteiger partial charge in [0, 0.05) is 6.42 Å². The molecule has 0 saturated heterocycles. The van der Waals surface area contributed by atoms with Gasteiger partial charge in [-0.1, -0.05) is 13.3 Å². The Morgan fingerprint density at radius 1 is 0.667 bits per heavy atom. The molecule has 0 radical (unpaired) electrons. The highest BCUT2D eigenvalue weighted by Gasteiger charge is 2.23. The minimum atomic E-state index is 0. The van der Waals surface area contributed by atoms with Gasteiger partial charge in [0.25, 0.3) is 0 Å². The number of rotatable bonds is 9. The highest BCUT2D eigenvalue weighted by molar-refractivity contribution is 4.44. The molecule has 0 N–H and O–H groups in total. The van der Waals surface area contributed by atoms with Crippen molar-refractivity contribution in [2.75, 3.05) is 53.9 Å². The van der Waals surface area contributed by atoms with E-state index in [4.69, 9.17) is 0 Å². The zero-order valence-corrected chi connectivity index (χ0v) is 14.6. The molecule has 0 aliphatic rings. The first-order valence-corrected chi connectivity index (χ1v) is 7.04. The van der Waals surface area contributed by atoms with Gasteiger partial charge in [-0.2, -0.15) is 0 Å². The van der Waals surface area contributed by atoms with Gasteiger partial charge in [0.1, 0.15) is 0 Å². The first-order valence-electron chi connectivity index (χ1n) is 7.04. The third-order valence-corrected chi connectivity index (χ3v) is 3.79. The van der Waals surface area contributed by atoms with Gasteiger partial charge in [0.05, 0.1) is 53.9 Å². The van der Waals surface area contributed by atoms with Gasteiger partial charge in [-0.25, -0.2) is 0 Å². The zero-order chi connectivity index (χ0) is 12.7. The molecule has 0 unspecified atom stereocenters. The molecule has 2 nitrogen and oxygen atoms in total. The van der Waals surface area contributed by atoms with Gasteiger partial charge in [-0.15, -0.1) is 0 Å². The molecule has 0 bridgehead atoms. The van der Waals surface area contributed by atoms with Crippen LogP contribution in [0.3, 0.4) is 0 Å². The van der Waals surface area contributed by atoms with Crippen molar-refractivity contribution >= 4 is 0 Å². The molecular formula is C16H40N2. The number of nitrogens with zero attached hydrogens (tertiary/aromatic N) is 2. The van der Waals surface area contributed by atoms with Crippen LogP contribution in [0, 0.1) is 14.9 Å². The smallest absolute Gasteiger partial charge is 0.0840 e. The van der Waals surface area contributed by atoms with Gasteiger partial charge in [-0.05, 0) is 20.3 Å². The summed E-state index contributed by atoms with van der Waals surface area (Å²) in [7, 11) is 6.87. The Morgan fingerprint density at radius 3 is 1.44 bits per heavy atom. The normalized spacial score (nSPS) is 11.7. The zero-order valence-electron chi connectivity index (χ0n) is 14.6. The molecule has 0 spiro atoms. The van der Waals surface area contributed by atoms with Crippen molar-refractivity contribution in [3.8, 4) is 0 Å². The maximum atomic E-state index is 2.35. The standard InChI is InChI=1S/C14H34N2.2CH3/c1-7-10-13-16(8-2,9-3)14-11-12-15(4,5)6;;/h7-14H2,1-6H3;2*1H3/q+2;2*-1. The van der Waals surface area contributed by atoms with Crippen LogP contribution in [-0.2, 0) is 0 Å². The number of quaternary nitrogens is 2. The second kappa shape index (κ2) is 10.8. The minimum absolute atomic E-state index is 0. The van der Waals surface area contributed by atoms with Crippen LogP contribution < -0.4 is 0 Å². The van der Waals surface area contributed by atoms with Gasteiger partial charge >= 0.3 is 0 Å². The minimum Gasteiger partial charge on any atom is -0.358 e. The lowest BCUT2D eigenvalue weighted by Gasteiger charge is -2.37. The van der Waals surface area contributed by atoms with Gasteiger partial charge in [0.2, 0.25) is 0 Å². The molecule has 0 fully saturated rings. The number of unbranched alkanes of at least 4 members (excludes halogenated alkanes) is 1.